The first-order valence-electron chi connectivity index (χ1n) is 9.54. The molecule has 7 nitrogen and oxygen atoms in total. The smallest absolute Gasteiger partial charge is 0.253 e. The van der Waals surface area contributed by atoms with Crippen LogP contribution in [0, 0.1) is 11.6 Å². The average Bonchev–Trinajstić information content (AvgIpc) is 2.78. The molecule has 3 aromatic carbocycles. The third-order valence-electron chi connectivity index (χ3n) is 4.83. The maximum absolute atomic E-state index is 14.2. The maximum Gasteiger partial charge on any atom is 0.253 e. The highest BCUT2D eigenvalue weighted by Crippen LogP contribution is 2.20. The van der Waals surface area contributed by atoms with Crippen molar-refractivity contribution in [3.05, 3.63) is 88.1 Å². The number of carbonyl (C=O) groups excluding carboxylic acids is 1. The molecule has 0 atom stereocenters. The summed E-state index contributed by atoms with van der Waals surface area (Å²) in [6.45, 7) is -0.180. The Morgan fingerprint density at radius 1 is 0.906 bits per heavy atom. The number of hydrogen-bond acceptors (Lipinski definition) is 4. The molecule has 0 bridgehead atoms. The average molecular weight is 457 g/mol. The SMILES string of the molecule is O=C(NCCNS(=O)(=O)c1ccccc1)c1cc(F)cc2c(=O)c3cc(F)ccc3[nH]c12. The van der Waals surface area contributed by atoms with Gasteiger partial charge in [0.1, 0.15) is 11.6 Å². The van der Waals surface area contributed by atoms with E-state index in [1.807, 2.05) is 0 Å². The Bertz CT molecular complexity index is 1500. The summed E-state index contributed by atoms with van der Waals surface area (Å²) in [5.41, 5.74) is -0.357. The van der Waals surface area contributed by atoms with Gasteiger partial charge in [0.05, 0.1) is 16.0 Å². The molecule has 3 N–H and O–H groups in total. The third-order valence-corrected chi connectivity index (χ3v) is 6.31. The Hall–Kier alpha value is -3.63. The number of fused-ring (bicyclic) bond motifs is 2. The fourth-order valence-corrected chi connectivity index (χ4v) is 4.39. The van der Waals surface area contributed by atoms with Crippen LogP contribution in [0.5, 0.6) is 0 Å². The molecule has 1 heterocycles. The number of amides is 1. The molecule has 0 spiro atoms. The van der Waals surface area contributed by atoms with Crippen LogP contribution in [0.15, 0.2) is 70.4 Å². The summed E-state index contributed by atoms with van der Waals surface area (Å²) in [7, 11) is -3.74. The minimum absolute atomic E-state index is 0.0322. The zero-order valence-electron chi connectivity index (χ0n) is 16.5. The topological polar surface area (TPSA) is 108 Å². The predicted molar refractivity (Wildman–Crippen MR) is 116 cm³/mol. The maximum atomic E-state index is 14.2. The first-order chi connectivity index (χ1) is 15.3. The van der Waals surface area contributed by atoms with Gasteiger partial charge in [-0.2, -0.15) is 0 Å². The fourth-order valence-electron chi connectivity index (χ4n) is 3.33. The number of carbonyl (C=O) groups is 1. The highest BCUT2D eigenvalue weighted by atomic mass is 32.2. The molecule has 0 aliphatic carbocycles. The largest absolute Gasteiger partial charge is 0.354 e. The molecule has 1 amide bonds. The van der Waals surface area contributed by atoms with Gasteiger partial charge in [0, 0.05) is 29.4 Å². The summed E-state index contributed by atoms with van der Waals surface area (Å²) in [5.74, 6) is -2.13. The Balaban J connectivity index is 1.57. The van der Waals surface area contributed by atoms with E-state index in [-0.39, 0.29) is 39.8 Å². The van der Waals surface area contributed by atoms with Crippen LogP contribution < -0.4 is 15.5 Å². The van der Waals surface area contributed by atoms with E-state index in [9.17, 15) is 26.8 Å². The van der Waals surface area contributed by atoms with E-state index in [0.717, 1.165) is 24.3 Å². The molecular weight excluding hydrogens is 440 g/mol. The summed E-state index contributed by atoms with van der Waals surface area (Å²) < 4.78 is 54.5. The van der Waals surface area contributed by atoms with Gasteiger partial charge in [-0.25, -0.2) is 21.9 Å². The monoisotopic (exact) mass is 457 g/mol. The first-order valence-corrected chi connectivity index (χ1v) is 11.0. The highest BCUT2D eigenvalue weighted by molar-refractivity contribution is 7.89. The number of benzene rings is 3. The van der Waals surface area contributed by atoms with Crippen LogP contribution in [0.4, 0.5) is 8.78 Å². The van der Waals surface area contributed by atoms with Gasteiger partial charge in [-0.05, 0) is 42.5 Å². The van der Waals surface area contributed by atoms with Crippen molar-refractivity contribution in [1.29, 1.82) is 0 Å². The Morgan fingerprint density at radius 2 is 1.62 bits per heavy atom. The molecule has 10 heteroatoms. The number of H-pyrrole nitrogens is 1. The highest BCUT2D eigenvalue weighted by Gasteiger charge is 2.17. The summed E-state index contributed by atoms with van der Waals surface area (Å²) in [4.78, 5) is 28.4. The van der Waals surface area contributed by atoms with Gasteiger partial charge in [0.15, 0.2) is 5.43 Å². The van der Waals surface area contributed by atoms with Crippen LogP contribution in [-0.4, -0.2) is 32.4 Å². The molecule has 0 aliphatic rings. The fraction of sp³-hybridized carbons (Fsp3) is 0.0909. The lowest BCUT2D eigenvalue weighted by atomic mass is 10.1. The number of nitrogens with one attached hydrogen (secondary N) is 3. The zero-order valence-corrected chi connectivity index (χ0v) is 17.3. The molecule has 4 rings (SSSR count). The van der Waals surface area contributed by atoms with E-state index in [1.54, 1.807) is 18.2 Å². The predicted octanol–water partition coefficient (Wildman–Crippen LogP) is 2.67. The Morgan fingerprint density at radius 3 is 2.38 bits per heavy atom. The van der Waals surface area contributed by atoms with Gasteiger partial charge in [-0.15, -0.1) is 0 Å². The number of aromatic amines is 1. The van der Waals surface area contributed by atoms with Crippen LogP contribution in [0.1, 0.15) is 10.4 Å². The van der Waals surface area contributed by atoms with Crippen molar-refractivity contribution >= 4 is 37.7 Å². The van der Waals surface area contributed by atoms with Crippen LogP contribution >= 0.6 is 0 Å². The van der Waals surface area contributed by atoms with E-state index < -0.39 is 33.0 Å². The van der Waals surface area contributed by atoms with Crippen LogP contribution in [0.25, 0.3) is 21.8 Å². The number of hydrogen-bond donors (Lipinski definition) is 3. The van der Waals surface area contributed by atoms with Crippen molar-refractivity contribution in [1.82, 2.24) is 15.0 Å². The number of pyridine rings is 1. The van der Waals surface area contributed by atoms with Crippen LogP contribution in [0.2, 0.25) is 0 Å². The molecular formula is C22H17F2N3O4S. The molecule has 0 saturated carbocycles. The van der Waals surface area contributed by atoms with Crippen LogP contribution in [0.3, 0.4) is 0 Å². The summed E-state index contributed by atoms with van der Waals surface area (Å²) in [6.07, 6.45) is 0. The lowest BCUT2D eigenvalue weighted by molar-refractivity contribution is 0.0955. The van der Waals surface area contributed by atoms with Crippen molar-refractivity contribution < 1.29 is 22.0 Å². The minimum atomic E-state index is -3.74. The Kier molecular flexibility index (Phi) is 5.72. The van der Waals surface area contributed by atoms with Crippen LogP contribution in [-0.2, 0) is 10.0 Å². The minimum Gasteiger partial charge on any atom is -0.354 e. The third kappa shape index (κ3) is 4.23. The van der Waals surface area contributed by atoms with Crippen molar-refractivity contribution in [2.24, 2.45) is 0 Å². The van der Waals surface area contributed by atoms with Gasteiger partial charge in [-0.1, -0.05) is 18.2 Å². The second-order valence-corrected chi connectivity index (χ2v) is 8.75. The van der Waals surface area contributed by atoms with Gasteiger partial charge in [0.2, 0.25) is 10.0 Å². The van der Waals surface area contributed by atoms with Crippen molar-refractivity contribution in [3.8, 4) is 0 Å². The molecule has 1 aromatic heterocycles. The standard InChI is InChI=1S/C22H17F2N3O4S/c23-13-6-7-19-16(10-13)21(28)17-11-14(24)12-18(20(17)27-19)22(29)25-8-9-26-32(30,31)15-4-2-1-3-5-15/h1-7,10-12,26H,8-9H2,(H,25,29)(H,27,28). The van der Waals surface area contributed by atoms with Crippen molar-refractivity contribution in [2.45, 2.75) is 4.90 Å². The molecule has 164 valence electrons. The van der Waals surface area contributed by atoms with E-state index in [0.29, 0.717) is 5.52 Å². The normalized spacial score (nSPS) is 11.7. The number of rotatable bonds is 6. The van der Waals surface area contributed by atoms with Gasteiger partial charge < -0.3 is 10.3 Å². The van der Waals surface area contributed by atoms with Gasteiger partial charge in [-0.3, -0.25) is 9.59 Å². The van der Waals surface area contributed by atoms with Crippen molar-refractivity contribution in [2.75, 3.05) is 13.1 Å². The number of sulfonamides is 1. The summed E-state index contributed by atoms with van der Waals surface area (Å²) in [6, 6.07) is 13.2. The first kappa shape index (κ1) is 21.6. The van der Waals surface area contributed by atoms with Gasteiger partial charge in [0.25, 0.3) is 5.91 Å². The quantitative estimate of drug-likeness (QED) is 0.306. The molecule has 0 fully saturated rings. The molecule has 0 saturated heterocycles. The summed E-state index contributed by atoms with van der Waals surface area (Å²) >= 11 is 0. The Labute approximate surface area is 181 Å². The van der Waals surface area contributed by atoms with E-state index >= 15 is 0 Å². The second kappa shape index (κ2) is 8.48. The lowest BCUT2D eigenvalue weighted by Crippen LogP contribution is -2.35. The second-order valence-electron chi connectivity index (χ2n) is 6.99. The molecule has 0 radical (unpaired) electrons. The van der Waals surface area contributed by atoms with E-state index in [4.69, 9.17) is 0 Å². The molecule has 4 aromatic rings. The molecule has 0 aliphatic heterocycles. The summed E-state index contributed by atoms with van der Waals surface area (Å²) in [5, 5.41) is 2.44. The molecule has 32 heavy (non-hydrogen) atoms. The van der Waals surface area contributed by atoms with E-state index in [2.05, 4.69) is 15.0 Å². The van der Waals surface area contributed by atoms with Crippen molar-refractivity contribution in [3.63, 3.8) is 0 Å². The van der Waals surface area contributed by atoms with Gasteiger partial charge >= 0.3 is 0 Å². The lowest BCUT2D eigenvalue weighted by Gasteiger charge is -2.11. The molecule has 0 unspecified atom stereocenters. The zero-order chi connectivity index (χ0) is 22.9. The number of aromatic nitrogens is 1. The number of halogens is 2. The van der Waals surface area contributed by atoms with E-state index in [1.165, 1.54) is 18.2 Å².